The van der Waals surface area contributed by atoms with Gasteiger partial charge in [-0.05, 0) is 36.2 Å². The molecule has 5 heteroatoms. The number of hydrogen-bond acceptors (Lipinski definition) is 3. The molecule has 3 heterocycles. The molecule has 3 aromatic rings. The number of aromatic nitrogens is 2. The van der Waals surface area contributed by atoms with Crippen molar-refractivity contribution >= 4 is 5.52 Å². The maximum Gasteiger partial charge on any atom is 0.123 e. The van der Waals surface area contributed by atoms with Crippen molar-refractivity contribution < 1.29 is 9.50 Å². The van der Waals surface area contributed by atoms with Crippen LogP contribution in [0.15, 0.2) is 54.9 Å². The van der Waals surface area contributed by atoms with E-state index in [-0.39, 0.29) is 18.0 Å². The molecular weight excluding hydrogens is 293 g/mol. The third kappa shape index (κ3) is 2.73. The number of benzene rings is 1. The van der Waals surface area contributed by atoms with Crippen LogP contribution in [0.4, 0.5) is 4.39 Å². The molecule has 0 bridgehead atoms. The second-order valence-corrected chi connectivity index (χ2v) is 6.09. The molecule has 0 unspecified atom stereocenters. The first-order valence-electron chi connectivity index (χ1n) is 7.79. The van der Waals surface area contributed by atoms with Crippen LogP contribution in [0.1, 0.15) is 23.6 Å². The largest absolute Gasteiger partial charge is 0.392 e. The molecule has 0 amide bonds. The quantitative estimate of drug-likeness (QED) is 0.808. The Bertz CT molecular complexity index is 815. The van der Waals surface area contributed by atoms with Gasteiger partial charge >= 0.3 is 0 Å². The molecule has 0 spiro atoms. The van der Waals surface area contributed by atoms with Gasteiger partial charge in [0.25, 0.3) is 0 Å². The maximum atomic E-state index is 13.2. The number of fused-ring (bicyclic) bond motifs is 1. The second-order valence-electron chi connectivity index (χ2n) is 6.09. The Balaban J connectivity index is 1.62. The third-order valence-corrected chi connectivity index (χ3v) is 4.52. The lowest BCUT2D eigenvalue weighted by molar-refractivity contribution is 0.173. The van der Waals surface area contributed by atoms with Crippen molar-refractivity contribution in [2.24, 2.45) is 0 Å². The molecule has 0 aliphatic carbocycles. The van der Waals surface area contributed by atoms with Gasteiger partial charge in [0.1, 0.15) is 5.82 Å². The van der Waals surface area contributed by atoms with E-state index in [4.69, 9.17) is 0 Å². The Morgan fingerprint density at radius 1 is 1.17 bits per heavy atom. The molecule has 0 radical (unpaired) electrons. The lowest BCUT2D eigenvalue weighted by Crippen LogP contribution is -2.24. The van der Waals surface area contributed by atoms with Gasteiger partial charge in [0, 0.05) is 30.9 Å². The molecular formula is C18H18FN3O. The molecule has 0 saturated carbocycles. The van der Waals surface area contributed by atoms with Gasteiger partial charge in [0.15, 0.2) is 0 Å². The van der Waals surface area contributed by atoms with Crippen LogP contribution >= 0.6 is 0 Å². The molecule has 118 valence electrons. The second kappa shape index (κ2) is 5.76. The fourth-order valence-corrected chi connectivity index (χ4v) is 3.41. The number of pyridine rings is 1. The minimum absolute atomic E-state index is 0.101. The molecule has 1 aliphatic heterocycles. The van der Waals surface area contributed by atoms with Crippen LogP contribution in [0.3, 0.4) is 0 Å². The van der Waals surface area contributed by atoms with Crippen LogP contribution in [0.5, 0.6) is 0 Å². The van der Waals surface area contributed by atoms with Crippen LogP contribution in [-0.4, -0.2) is 32.3 Å². The summed E-state index contributed by atoms with van der Waals surface area (Å²) in [5.74, 6) is -0.235. The summed E-state index contributed by atoms with van der Waals surface area (Å²) < 4.78 is 15.0. The molecule has 1 saturated heterocycles. The van der Waals surface area contributed by atoms with Crippen molar-refractivity contribution in [1.82, 2.24) is 14.5 Å². The number of likely N-dealkylation sites (tertiary alicyclic amines) is 1. The summed E-state index contributed by atoms with van der Waals surface area (Å²) >= 11 is 0. The summed E-state index contributed by atoms with van der Waals surface area (Å²) in [7, 11) is 0. The zero-order valence-electron chi connectivity index (χ0n) is 12.6. The topological polar surface area (TPSA) is 40.8 Å². The number of aliphatic hydroxyl groups excluding tert-OH is 1. The number of nitrogens with zero attached hydrogens (tertiary/aromatic N) is 3. The average Bonchev–Trinajstić information content (AvgIpc) is 3.13. The minimum atomic E-state index is -0.355. The number of β-amino-alcohol motifs (C(OH)–C–C–N with tert-alkyl or cyclic N) is 1. The van der Waals surface area contributed by atoms with E-state index < -0.39 is 0 Å². The standard InChI is InChI=1S/C18H18FN3O/c19-15-6-4-13(5-7-15)18-9-16(23)12-21(18)11-14-10-20-22-8-2-1-3-17(14)22/h1-8,10,16,18,23H,9,11-12H2/t16-,18-/m0/s1. The normalized spacial score (nSPS) is 22.0. The van der Waals surface area contributed by atoms with E-state index in [0.717, 1.165) is 16.6 Å². The van der Waals surface area contributed by atoms with Crippen molar-refractivity contribution in [3.05, 3.63) is 71.8 Å². The first-order valence-corrected chi connectivity index (χ1v) is 7.79. The summed E-state index contributed by atoms with van der Waals surface area (Å²) in [6.45, 7) is 1.33. The zero-order valence-corrected chi connectivity index (χ0v) is 12.6. The van der Waals surface area contributed by atoms with E-state index in [0.29, 0.717) is 19.5 Å². The van der Waals surface area contributed by atoms with Gasteiger partial charge in [-0.15, -0.1) is 0 Å². The predicted molar refractivity (Wildman–Crippen MR) is 85.4 cm³/mol. The van der Waals surface area contributed by atoms with Gasteiger partial charge in [-0.1, -0.05) is 18.2 Å². The molecule has 2 atom stereocenters. The number of halogens is 1. The van der Waals surface area contributed by atoms with Crippen molar-refractivity contribution in [3.8, 4) is 0 Å². The number of aliphatic hydroxyl groups is 1. The Morgan fingerprint density at radius 2 is 2.00 bits per heavy atom. The third-order valence-electron chi connectivity index (χ3n) is 4.52. The van der Waals surface area contributed by atoms with E-state index in [1.54, 1.807) is 12.1 Å². The van der Waals surface area contributed by atoms with Crippen LogP contribution in [0, 0.1) is 5.82 Å². The first-order chi connectivity index (χ1) is 11.2. The Kier molecular flexibility index (Phi) is 3.59. The summed E-state index contributed by atoms with van der Waals surface area (Å²) in [5.41, 5.74) is 3.25. The number of rotatable bonds is 3. The highest BCUT2D eigenvalue weighted by Crippen LogP contribution is 2.34. The first kappa shape index (κ1) is 14.4. The van der Waals surface area contributed by atoms with Gasteiger partial charge in [-0.25, -0.2) is 8.91 Å². The monoisotopic (exact) mass is 311 g/mol. The predicted octanol–water partition coefficient (Wildman–Crippen LogP) is 2.78. The van der Waals surface area contributed by atoms with Crippen LogP contribution in [0.2, 0.25) is 0 Å². The lowest BCUT2D eigenvalue weighted by Gasteiger charge is -2.24. The Labute approximate surface area is 133 Å². The van der Waals surface area contributed by atoms with E-state index in [1.807, 2.05) is 35.1 Å². The minimum Gasteiger partial charge on any atom is -0.392 e. The summed E-state index contributed by atoms with van der Waals surface area (Å²) in [5, 5.41) is 14.5. The maximum absolute atomic E-state index is 13.2. The van der Waals surface area contributed by atoms with Crippen molar-refractivity contribution in [2.75, 3.05) is 6.54 Å². The Hall–Kier alpha value is -2.24. The molecule has 4 nitrogen and oxygen atoms in total. The van der Waals surface area contributed by atoms with Crippen LogP contribution < -0.4 is 0 Å². The molecule has 1 aliphatic rings. The molecule has 1 N–H and O–H groups in total. The summed E-state index contributed by atoms with van der Waals surface area (Å²) in [6.07, 6.45) is 4.12. The Morgan fingerprint density at radius 3 is 2.83 bits per heavy atom. The highest BCUT2D eigenvalue weighted by molar-refractivity contribution is 5.53. The highest BCUT2D eigenvalue weighted by atomic mass is 19.1. The van der Waals surface area contributed by atoms with E-state index in [9.17, 15) is 9.50 Å². The molecule has 2 aromatic heterocycles. The highest BCUT2D eigenvalue weighted by Gasteiger charge is 2.32. The van der Waals surface area contributed by atoms with E-state index in [1.165, 1.54) is 12.1 Å². The van der Waals surface area contributed by atoms with Gasteiger partial charge in [0.2, 0.25) is 0 Å². The van der Waals surface area contributed by atoms with Gasteiger partial charge < -0.3 is 5.11 Å². The number of hydrogen-bond donors (Lipinski definition) is 1. The van der Waals surface area contributed by atoms with Gasteiger partial charge in [-0.2, -0.15) is 5.10 Å². The molecule has 1 aromatic carbocycles. The molecule has 1 fully saturated rings. The van der Waals surface area contributed by atoms with Crippen molar-refractivity contribution in [2.45, 2.75) is 25.1 Å². The van der Waals surface area contributed by atoms with Gasteiger partial charge in [-0.3, -0.25) is 4.90 Å². The van der Waals surface area contributed by atoms with Crippen LogP contribution in [-0.2, 0) is 6.54 Å². The van der Waals surface area contributed by atoms with E-state index in [2.05, 4.69) is 10.00 Å². The SMILES string of the molecule is O[C@H]1C[C@@H](c2ccc(F)cc2)N(Cc2cnn3ccccc23)C1. The van der Waals surface area contributed by atoms with Gasteiger partial charge in [0.05, 0.1) is 17.8 Å². The molecule has 23 heavy (non-hydrogen) atoms. The summed E-state index contributed by atoms with van der Waals surface area (Å²) in [4.78, 5) is 2.24. The summed E-state index contributed by atoms with van der Waals surface area (Å²) in [6, 6.07) is 12.7. The van der Waals surface area contributed by atoms with Crippen molar-refractivity contribution in [3.63, 3.8) is 0 Å². The zero-order chi connectivity index (χ0) is 15.8. The smallest absolute Gasteiger partial charge is 0.123 e. The molecule has 4 rings (SSSR count). The fourth-order valence-electron chi connectivity index (χ4n) is 3.41. The van der Waals surface area contributed by atoms with E-state index >= 15 is 0 Å². The fraction of sp³-hybridized carbons (Fsp3) is 0.278. The average molecular weight is 311 g/mol. The van der Waals surface area contributed by atoms with Crippen molar-refractivity contribution in [1.29, 1.82) is 0 Å². The lowest BCUT2D eigenvalue weighted by atomic mass is 10.0. The van der Waals surface area contributed by atoms with Crippen LogP contribution in [0.25, 0.3) is 5.52 Å².